The lowest BCUT2D eigenvalue weighted by atomic mass is 10.00. The Morgan fingerprint density at radius 1 is 1.06 bits per heavy atom. The zero-order chi connectivity index (χ0) is 22.2. The number of hydrogen-bond acceptors (Lipinski definition) is 5. The molecule has 0 aromatic heterocycles. The molecule has 4 rings (SSSR count). The van der Waals surface area contributed by atoms with Gasteiger partial charge in [-0.05, 0) is 37.3 Å². The summed E-state index contributed by atoms with van der Waals surface area (Å²) in [7, 11) is -2.30. The quantitative estimate of drug-likeness (QED) is 0.426. The first kappa shape index (κ1) is 22.0. The van der Waals surface area contributed by atoms with E-state index in [2.05, 4.69) is 0 Å². The Morgan fingerprint density at radius 3 is 2.52 bits per heavy atom. The molecule has 0 N–H and O–H groups in total. The average molecular weight is 479 g/mol. The maximum atomic E-state index is 12.5. The highest BCUT2D eigenvalue weighted by Crippen LogP contribution is 2.45. The van der Waals surface area contributed by atoms with Gasteiger partial charge in [0.15, 0.2) is 0 Å². The fraction of sp³-hybridized carbons (Fsp3) is 0.217. The molecular weight excluding hydrogens is 459 g/mol. The van der Waals surface area contributed by atoms with E-state index in [9.17, 15) is 8.42 Å². The van der Waals surface area contributed by atoms with Gasteiger partial charge < -0.3 is 9.47 Å². The summed E-state index contributed by atoms with van der Waals surface area (Å²) in [6.45, 7) is 1.77. The summed E-state index contributed by atoms with van der Waals surface area (Å²) in [6.07, 6.45) is 0.000237. The van der Waals surface area contributed by atoms with Crippen molar-refractivity contribution >= 4 is 33.3 Å². The van der Waals surface area contributed by atoms with E-state index in [0.717, 1.165) is 16.7 Å². The van der Waals surface area contributed by atoms with E-state index >= 15 is 0 Å². The lowest BCUT2D eigenvalue weighted by Gasteiger charge is -2.15. The van der Waals surface area contributed by atoms with Crippen molar-refractivity contribution in [3.05, 3.63) is 75.8 Å². The standard InChI is InChI=1S/C23H20Cl2O5S/c1-14-6-8-18(9-7-14)31(26,27)29-13-17-11-15-10-16(28-2)12-20(23(15)30-17)19-4-3-5-21(24)22(19)25/h3-10,12,17H,11,13H2,1-2H3. The molecule has 0 radical (unpaired) electrons. The van der Waals surface area contributed by atoms with E-state index in [1.807, 2.05) is 25.1 Å². The molecule has 0 saturated carbocycles. The minimum absolute atomic E-state index is 0.113. The number of halogens is 2. The highest BCUT2D eigenvalue weighted by Gasteiger charge is 2.30. The van der Waals surface area contributed by atoms with Crippen LogP contribution in [-0.2, 0) is 20.7 Å². The summed E-state index contributed by atoms with van der Waals surface area (Å²) in [5.41, 5.74) is 3.28. The number of ether oxygens (including phenoxy) is 2. The molecule has 1 heterocycles. The van der Waals surface area contributed by atoms with Crippen molar-refractivity contribution in [1.29, 1.82) is 0 Å². The molecule has 0 spiro atoms. The summed E-state index contributed by atoms with van der Waals surface area (Å²) in [5, 5.41) is 0.836. The predicted octanol–water partition coefficient (Wildman–Crippen LogP) is 5.69. The van der Waals surface area contributed by atoms with E-state index < -0.39 is 16.2 Å². The SMILES string of the molecule is COc1cc2c(c(-c3cccc(Cl)c3Cl)c1)OC(COS(=O)(=O)c1ccc(C)cc1)C2. The molecule has 0 amide bonds. The zero-order valence-electron chi connectivity index (χ0n) is 16.9. The van der Waals surface area contributed by atoms with Gasteiger partial charge in [0.25, 0.3) is 10.1 Å². The van der Waals surface area contributed by atoms with Gasteiger partial charge in [-0.2, -0.15) is 8.42 Å². The Balaban J connectivity index is 1.58. The van der Waals surface area contributed by atoms with Crippen LogP contribution >= 0.6 is 23.2 Å². The van der Waals surface area contributed by atoms with Crippen LogP contribution < -0.4 is 9.47 Å². The molecule has 1 aliphatic rings. The normalized spacial score (nSPS) is 15.4. The van der Waals surface area contributed by atoms with Crippen LogP contribution in [0.25, 0.3) is 11.1 Å². The van der Waals surface area contributed by atoms with Crippen LogP contribution in [0.4, 0.5) is 0 Å². The molecular formula is C23H20Cl2O5S. The molecule has 3 aromatic rings. The van der Waals surface area contributed by atoms with Crippen LogP contribution in [0.1, 0.15) is 11.1 Å². The van der Waals surface area contributed by atoms with Crippen LogP contribution in [0.15, 0.2) is 59.5 Å². The topological polar surface area (TPSA) is 61.8 Å². The molecule has 3 aromatic carbocycles. The Morgan fingerprint density at radius 2 is 1.81 bits per heavy atom. The van der Waals surface area contributed by atoms with Crippen molar-refractivity contribution in [1.82, 2.24) is 0 Å². The maximum Gasteiger partial charge on any atom is 0.297 e. The molecule has 8 heteroatoms. The predicted molar refractivity (Wildman–Crippen MR) is 121 cm³/mol. The van der Waals surface area contributed by atoms with Crippen LogP contribution in [0, 0.1) is 6.92 Å². The number of aryl methyl sites for hydroxylation is 1. The molecule has 0 bridgehead atoms. The van der Waals surface area contributed by atoms with Gasteiger partial charge in [-0.3, -0.25) is 4.18 Å². The number of fused-ring (bicyclic) bond motifs is 1. The second-order valence-electron chi connectivity index (χ2n) is 7.26. The maximum absolute atomic E-state index is 12.5. The molecule has 0 fully saturated rings. The first-order valence-corrected chi connectivity index (χ1v) is 11.7. The Bertz CT molecular complexity index is 1220. The first-order valence-electron chi connectivity index (χ1n) is 9.56. The van der Waals surface area contributed by atoms with Crippen molar-refractivity contribution < 1.29 is 22.1 Å². The van der Waals surface area contributed by atoms with Crippen molar-refractivity contribution in [2.75, 3.05) is 13.7 Å². The third-order valence-corrected chi connectivity index (χ3v) is 7.18. The fourth-order valence-electron chi connectivity index (χ4n) is 3.47. The van der Waals surface area contributed by atoms with Gasteiger partial charge >= 0.3 is 0 Å². The summed E-state index contributed by atoms with van der Waals surface area (Å²) in [6, 6.07) is 15.6. The average Bonchev–Trinajstić information content (AvgIpc) is 3.17. The first-order chi connectivity index (χ1) is 14.8. The molecule has 1 unspecified atom stereocenters. The monoisotopic (exact) mass is 478 g/mol. The second-order valence-corrected chi connectivity index (χ2v) is 9.66. The summed E-state index contributed by atoms with van der Waals surface area (Å²) >= 11 is 12.6. The fourth-order valence-corrected chi connectivity index (χ4v) is 4.80. The number of rotatable bonds is 6. The van der Waals surface area contributed by atoms with E-state index in [-0.39, 0.29) is 11.5 Å². The molecule has 31 heavy (non-hydrogen) atoms. The highest BCUT2D eigenvalue weighted by atomic mass is 35.5. The smallest absolute Gasteiger partial charge is 0.297 e. The van der Waals surface area contributed by atoms with Gasteiger partial charge in [0.1, 0.15) is 24.2 Å². The zero-order valence-corrected chi connectivity index (χ0v) is 19.2. The van der Waals surface area contributed by atoms with E-state index in [4.69, 9.17) is 36.9 Å². The van der Waals surface area contributed by atoms with Gasteiger partial charge in [0, 0.05) is 23.1 Å². The number of hydrogen-bond donors (Lipinski definition) is 0. The van der Waals surface area contributed by atoms with Gasteiger partial charge in [0.2, 0.25) is 0 Å². The Kier molecular flexibility index (Phi) is 6.17. The minimum Gasteiger partial charge on any atom is -0.497 e. The van der Waals surface area contributed by atoms with E-state index in [1.54, 1.807) is 31.4 Å². The van der Waals surface area contributed by atoms with Crippen LogP contribution in [-0.4, -0.2) is 28.2 Å². The highest BCUT2D eigenvalue weighted by molar-refractivity contribution is 7.86. The van der Waals surface area contributed by atoms with Crippen LogP contribution in [0.3, 0.4) is 0 Å². The van der Waals surface area contributed by atoms with Gasteiger partial charge in [0.05, 0.1) is 22.1 Å². The molecule has 1 aliphatic heterocycles. The van der Waals surface area contributed by atoms with Crippen LogP contribution in [0.2, 0.25) is 10.0 Å². The lowest BCUT2D eigenvalue weighted by Crippen LogP contribution is -2.23. The lowest BCUT2D eigenvalue weighted by molar-refractivity contribution is 0.152. The molecule has 0 aliphatic carbocycles. The van der Waals surface area contributed by atoms with Crippen LogP contribution in [0.5, 0.6) is 11.5 Å². The van der Waals surface area contributed by atoms with E-state index in [1.165, 1.54) is 12.1 Å². The van der Waals surface area contributed by atoms with Gasteiger partial charge in [-0.1, -0.05) is 53.0 Å². The van der Waals surface area contributed by atoms with Crippen molar-refractivity contribution in [2.45, 2.75) is 24.3 Å². The van der Waals surface area contributed by atoms with Crippen molar-refractivity contribution in [2.24, 2.45) is 0 Å². The third-order valence-electron chi connectivity index (χ3n) is 5.07. The Hall–Kier alpha value is -2.25. The second kappa shape index (κ2) is 8.71. The third kappa shape index (κ3) is 4.53. The minimum atomic E-state index is -3.88. The Labute approximate surface area is 191 Å². The largest absolute Gasteiger partial charge is 0.497 e. The van der Waals surface area contributed by atoms with Crippen molar-refractivity contribution in [3.63, 3.8) is 0 Å². The van der Waals surface area contributed by atoms with Gasteiger partial charge in [-0.15, -0.1) is 0 Å². The summed E-state index contributed by atoms with van der Waals surface area (Å²) < 4.78 is 41.8. The molecule has 1 atom stereocenters. The molecule has 0 saturated heterocycles. The van der Waals surface area contributed by atoms with E-state index in [0.29, 0.717) is 33.5 Å². The molecule has 162 valence electrons. The molecule has 5 nitrogen and oxygen atoms in total. The summed E-state index contributed by atoms with van der Waals surface area (Å²) in [4.78, 5) is 0.113. The van der Waals surface area contributed by atoms with Crippen molar-refractivity contribution in [3.8, 4) is 22.6 Å². The number of methoxy groups -OCH3 is 1. The summed E-state index contributed by atoms with van der Waals surface area (Å²) in [5.74, 6) is 1.26. The van der Waals surface area contributed by atoms with Gasteiger partial charge in [-0.25, -0.2) is 0 Å². The number of benzene rings is 3.